The quantitative estimate of drug-likeness (QED) is 0.603. The first-order valence-corrected chi connectivity index (χ1v) is 11.2. The van der Waals surface area contributed by atoms with Gasteiger partial charge in [-0.3, -0.25) is 9.59 Å². The van der Waals surface area contributed by atoms with E-state index in [9.17, 15) is 9.59 Å². The Balaban J connectivity index is 1.44. The number of benzene rings is 1. The third-order valence-corrected chi connectivity index (χ3v) is 6.57. The molecule has 1 fully saturated rings. The number of nitrogens with zero attached hydrogens (tertiary/aromatic N) is 4. The summed E-state index contributed by atoms with van der Waals surface area (Å²) in [6.45, 7) is 4.28. The minimum absolute atomic E-state index is 0.0994. The number of amides is 2. The van der Waals surface area contributed by atoms with Gasteiger partial charge in [0.1, 0.15) is 5.75 Å². The van der Waals surface area contributed by atoms with E-state index in [0.717, 1.165) is 37.2 Å². The number of likely N-dealkylation sites (tertiary alicyclic amines) is 1. The van der Waals surface area contributed by atoms with Gasteiger partial charge >= 0.3 is 0 Å². The number of carbonyl (C=O) groups is 2. The topological polar surface area (TPSA) is 74.6 Å². The largest absolute Gasteiger partial charge is 0.493 e. The standard InChI is InChI=1S/C24H30N4O3/c1-3-4-11-24(25-26-24)12-7-23(30)28(21-8-13-27(14-9-21)18(2)29)17-19-5-6-22-20(16-19)10-15-31-22/h1,5-6,16,21H,4,7-15,17H2,2H3. The molecule has 0 unspecified atom stereocenters. The molecule has 0 saturated carbocycles. The Kier molecular flexibility index (Phi) is 6.26. The van der Waals surface area contributed by atoms with Crippen LogP contribution in [-0.4, -0.2) is 53.0 Å². The summed E-state index contributed by atoms with van der Waals surface area (Å²) in [6.07, 6.45) is 10.2. The Labute approximate surface area is 183 Å². The molecule has 3 aliphatic heterocycles. The fourth-order valence-corrected chi connectivity index (χ4v) is 4.57. The van der Waals surface area contributed by atoms with Crippen LogP contribution >= 0.6 is 0 Å². The van der Waals surface area contributed by atoms with Crippen molar-refractivity contribution in [2.45, 2.75) is 70.1 Å². The molecule has 0 spiro atoms. The lowest BCUT2D eigenvalue weighted by Gasteiger charge is -2.38. The first kappa shape index (κ1) is 21.4. The van der Waals surface area contributed by atoms with Crippen molar-refractivity contribution >= 4 is 11.8 Å². The number of rotatable bonds is 8. The van der Waals surface area contributed by atoms with Crippen molar-refractivity contribution < 1.29 is 14.3 Å². The first-order chi connectivity index (χ1) is 15.0. The van der Waals surface area contributed by atoms with E-state index in [1.165, 1.54) is 5.56 Å². The second-order valence-corrected chi connectivity index (χ2v) is 8.69. The van der Waals surface area contributed by atoms with Crippen molar-refractivity contribution in [2.24, 2.45) is 10.2 Å². The van der Waals surface area contributed by atoms with Crippen molar-refractivity contribution in [3.8, 4) is 18.1 Å². The van der Waals surface area contributed by atoms with Gasteiger partial charge in [-0.25, -0.2) is 0 Å². The molecule has 164 valence electrons. The summed E-state index contributed by atoms with van der Waals surface area (Å²) in [4.78, 5) is 28.9. The van der Waals surface area contributed by atoms with Crippen LogP contribution in [0.3, 0.4) is 0 Å². The Morgan fingerprint density at radius 3 is 2.74 bits per heavy atom. The zero-order chi connectivity index (χ0) is 21.8. The summed E-state index contributed by atoms with van der Waals surface area (Å²) in [5.74, 6) is 3.80. The molecule has 0 bridgehead atoms. The molecule has 1 aromatic rings. The lowest BCUT2D eigenvalue weighted by Crippen LogP contribution is -2.48. The Morgan fingerprint density at radius 2 is 2.06 bits per heavy atom. The van der Waals surface area contributed by atoms with Crippen LogP contribution in [0.5, 0.6) is 5.75 Å². The van der Waals surface area contributed by atoms with E-state index >= 15 is 0 Å². The molecule has 31 heavy (non-hydrogen) atoms. The maximum Gasteiger partial charge on any atom is 0.223 e. The number of carbonyl (C=O) groups excluding carboxylic acids is 2. The van der Waals surface area contributed by atoms with Gasteiger partial charge in [-0.15, -0.1) is 12.3 Å². The molecule has 1 saturated heterocycles. The molecule has 0 N–H and O–H groups in total. The SMILES string of the molecule is C#CCCC1(CCC(=O)N(Cc2ccc3c(c2)CCO3)C2CCN(C(C)=O)CC2)N=N1. The zero-order valence-corrected chi connectivity index (χ0v) is 18.2. The van der Waals surface area contributed by atoms with Crippen molar-refractivity contribution in [1.82, 2.24) is 9.80 Å². The van der Waals surface area contributed by atoms with Crippen LogP contribution in [0, 0.1) is 12.3 Å². The minimum atomic E-state index is -0.448. The summed E-state index contributed by atoms with van der Waals surface area (Å²) < 4.78 is 5.62. The second-order valence-electron chi connectivity index (χ2n) is 8.69. The molecule has 3 aliphatic rings. The highest BCUT2D eigenvalue weighted by Crippen LogP contribution is 2.38. The van der Waals surface area contributed by atoms with E-state index in [0.29, 0.717) is 45.3 Å². The zero-order valence-electron chi connectivity index (χ0n) is 18.2. The van der Waals surface area contributed by atoms with Crippen molar-refractivity contribution in [3.63, 3.8) is 0 Å². The van der Waals surface area contributed by atoms with Gasteiger partial charge in [-0.1, -0.05) is 12.1 Å². The molecule has 4 rings (SSSR count). The molecule has 3 heterocycles. The van der Waals surface area contributed by atoms with Gasteiger partial charge < -0.3 is 14.5 Å². The molecule has 7 heteroatoms. The summed E-state index contributed by atoms with van der Waals surface area (Å²) in [7, 11) is 0. The molecule has 7 nitrogen and oxygen atoms in total. The van der Waals surface area contributed by atoms with Crippen LogP contribution in [0.25, 0.3) is 0 Å². The predicted octanol–water partition coefficient (Wildman–Crippen LogP) is 3.32. The molecule has 0 aromatic heterocycles. The van der Waals surface area contributed by atoms with E-state index in [4.69, 9.17) is 11.2 Å². The van der Waals surface area contributed by atoms with E-state index in [2.05, 4.69) is 28.3 Å². The highest BCUT2D eigenvalue weighted by molar-refractivity contribution is 5.77. The van der Waals surface area contributed by atoms with Crippen molar-refractivity contribution in [2.75, 3.05) is 19.7 Å². The first-order valence-electron chi connectivity index (χ1n) is 11.2. The van der Waals surface area contributed by atoms with Crippen LogP contribution in [0.4, 0.5) is 0 Å². The smallest absolute Gasteiger partial charge is 0.223 e. The molecule has 0 aliphatic carbocycles. The average molecular weight is 423 g/mol. The third kappa shape index (κ3) is 5.07. The van der Waals surface area contributed by atoms with E-state index in [1.54, 1.807) is 6.92 Å². The van der Waals surface area contributed by atoms with Gasteiger partial charge in [0.2, 0.25) is 11.8 Å². The van der Waals surface area contributed by atoms with Gasteiger partial charge in [0.25, 0.3) is 0 Å². The van der Waals surface area contributed by atoms with E-state index in [-0.39, 0.29) is 17.9 Å². The summed E-state index contributed by atoms with van der Waals surface area (Å²) in [5.41, 5.74) is 1.88. The van der Waals surface area contributed by atoms with Gasteiger partial charge in [-0.05, 0) is 30.0 Å². The van der Waals surface area contributed by atoms with Crippen LogP contribution in [0.1, 0.15) is 56.6 Å². The average Bonchev–Trinajstić information content (AvgIpc) is 3.40. The number of terminal acetylenes is 1. The summed E-state index contributed by atoms with van der Waals surface area (Å²) >= 11 is 0. The molecule has 2 amide bonds. The fourth-order valence-electron chi connectivity index (χ4n) is 4.57. The van der Waals surface area contributed by atoms with E-state index in [1.807, 2.05) is 15.9 Å². The van der Waals surface area contributed by atoms with Crippen LogP contribution in [0.2, 0.25) is 0 Å². The maximum atomic E-state index is 13.3. The van der Waals surface area contributed by atoms with Gasteiger partial charge in [0, 0.05) is 64.7 Å². The third-order valence-electron chi connectivity index (χ3n) is 6.57. The monoisotopic (exact) mass is 422 g/mol. The Bertz CT molecular complexity index is 906. The van der Waals surface area contributed by atoms with Gasteiger partial charge in [0.15, 0.2) is 5.66 Å². The Hall–Kier alpha value is -2.88. The van der Waals surface area contributed by atoms with Crippen LogP contribution in [0.15, 0.2) is 28.4 Å². The second kappa shape index (κ2) is 9.09. The van der Waals surface area contributed by atoms with Crippen LogP contribution < -0.4 is 4.74 Å². The fraction of sp³-hybridized carbons (Fsp3) is 0.583. The molecular weight excluding hydrogens is 392 g/mol. The van der Waals surface area contributed by atoms with Crippen LogP contribution in [-0.2, 0) is 22.6 Å². The normalized spacial score (nSPS) is 18.8. The number of hydrogen-bond donors (Lipinski definition) is 0. The number of fused-ring (bicyclic) bond motifs is 1. The van der Waals surface area contributed by atoms with Crippen molar-refractivity contribution in [3.05, 3.63) is 29.3 Å². The lowest BCUT2D eigenvalue weighted by atomic mass is 9.98. The molecule has 1 aromatic carbocycles. The van der Waals surface area contributed by atoms with Gasteiger partial charge in [-0.2, -0.15) is 10.2 Å². The molecule has 0 atom stereocenters. The lowest BCUT2D eigenvalue weighted by molar-refractivity contribution is -0.137. The highest BCUT2D eigenvalue weighted by atomic mass is 16.5. The molecular formula is C24H30N4O3. The van der Waals surface area contributed by atoms with E-state index < -0.39 is 5.66 Å². The summed E-state index contributed by atoms with van der Waals surface area (Å²) in [5, 5.41) is 8.34. The highest BCUT2D eigenvalue weighted by Gasteiger charge is 2.40. The summed E-state index contributed by atoms with van der Waals surface area (Å²) in [6, 6.07) is 6.35. The van der Waals surface area contributed by atoms with Crippen molar-refractivity contribution in [1.29, 1.82) is 0 Å². The number of hydrogen-bond acceptors (Lipinski definition) is 5. The maximum absolute atomic E-state index is 13.3. The predicted molar refractivity (Wildman–Crippen MR) is 116 cm³/mol. The minimum Gasteiger partial charge on any atom is -0.493 e. The molecule has 0 radical (unpaired) electrons. The number of piperidine rings is 1. The Morgan fingerprint density at radius 1 is 1.29 bits per heavy atom. The van der Waals surface area contributed by atoms with Gasteiger partial charge in [0.05, 0.1) is 6.61 Å². The number of ether oxygens (including phenoxy) is 1.